The molecular formula is C44H88N2O19. The van der Waals surface area contributed by atoms with Crippen LogP contribution < -0.4 is 11.1 Å². The molecule has 0 aliphatic carbocycles. The maximum atomic E-state index is 11.5. The minimum Gasteiger partial charge on any atom is -0.481 e. The van der Waals surface area contributed by atoms with E-state index in [-0.39, 0.29) is 17.8 Å². The lowest BCUT2D eigenvalue weighted by Gasteiger charge is -2.19. The number of carbonyl (C=O) groups excluding carboxylic acids is 3. The Morgan fingerprint density at radius 2 is 0.615 bits per heavy atom. The maximum Gasteiger partial charge on any atom is 0.306 e. The van der Waals surface area contributed by atoms with Gasteiger partial charge < -0.3 is 82.5 Å². The second kappa shape index (κ2) is 50.8. The van der Waals surface area contributed by atoms with Crippen molar-refractivity contribution >= 4 is 23.8 Å². The summed E-state index contributed by atoms with van der Waals surface area (Å²) in [6.07, 6.45) is 2.00. The Labute approximate surface area is 388 Å². The van der Waals surface area contributed by atoms with Gasteiger partial charge in [-0.3, -0.25) is 19.2 Å². The van der Waals surface area contributed by atoms with Gasteiger partial charge in [0.2, 0.25) is 5.91 Å². The van der Waals surface area contributed by atoms with Crippen LogP contribution >= 0.6 is 0 Å². The second-order valence-electron chi connectivity index (χ2n) is 15.5. The molecule has 0 aliphatic heterocycles. The molecule has 0 spiro atoms. The zero-order valence-electron chi connectivity index (χ0n) is 41.1. The Bertz CT molecular complexity index is 1060. The molecule has 4 N–H and O–H groups in total. The molecule has 0 bridgehead atoms. The smallest absolute Gasteiger partial charge is 0.306 e. The number of nitrogens with two attached hydrogens (primary N) is 1. The number of amides is 1. The molecule has 1 amide bonds. The van der Waals surface area contributed by atoms with Crippen LogP contribution in [0.4, 0.5) is 0 Å². The van der Waals surface area contributed by atoms with Crippen molar-refractivity contribution in [1.29, 1.82) is 0 Å². The highest BCUT2D eigenvalue weighted by atomic mass is 16.6. The second-order valence-corrected chi connectivity index (χ2v) is 15.5. The molecule has 0 heterocycles. The Kier molecular flexibility index (Phi) is 52.0. The number of ether oxygens (including phenoxy) is 14. The van der Waals surface area contributed by atoms with Crippen molar-refractivity contribution < 1.29 is 90.6 Å². The quantitative estimate of drug-likeness (QED) is 0.0586. The normalized spacial score (nSPS) is 11.3. The largest absolute Gasteiger partial charge is 0.481 e. The first-order valence-electron chi connectivity index (χ1n) is 22.5. The molecule has 0 aromatic carbocycles. The highest BCUT2D eigenvalue weighted by molar-refractivity contribution is 5.72. The van der Waals surface area contributed by atoms with Gasteiger partial charge >= 0.3 is 11.9 Å². The summed E-state index contributed by atoms with van der Waals surface area (Å²) in [5.41, 5.74) is 4.42. The summed E-state index contributed by atoms with van der Waals surface area (Å²) in [5.74, 6) is -1.29. The van der Waals surface area contributed by atoms with Gasteiger partial charge in [-0.1, -0.05) is 0 Å². The third kappa shape index (κ3) is 73.2. The summed E-state index contributed by atoms with van der Waals surface area (Å²) in [4.78, 5) is 42.7. The zero-order valence-corrected chi connectivity index (χ0v) is 41.1. The highest BCUT2D eigenvalue weighted by Crippen LogP contribution is 2.10. The Balaban J connectivity index is -0.00000110. The summed E-state index contributed by atoms with van der Waals surface area (Å²) in [7, 11) is 0. The fourth-order valence-electron chi connectivity index (χ4n) is 4.21. The van der Waals surface area contributed by atoms with E-state index < -0.39 is 17.2 Å². The van der Waals surface area contributed by atoms with Crippen molar-refractivity contribution in [1.82, 2.24) is 5.32 Å². The van der Waals surface area contributed by atoms with Crippen molar-refractivity contribution in [2.24, 2.45) is 5.73 Å². The SMILES string of the molecule is CC(=O)NCCOCCOCCOCCOCCOCCOCCCC(=O)OC(C)(C)C.CC(=O)O.CC(C)(C)OC(=O)CCCOCCOCCOCCOCCOCCOCCN. The molecule has 0 saturated carbocycles. The van der Waals surface area contributed by atoms with Crippen LogP contribution in [0.2, 0.25) is 0 Å². The van der Waals surface area contributed by atoms with E-state index in [4.69, 9.17) is 82.0 Å². The number of hydrogen-bond acceptors (Lipinski definition) is 19. The Hall–Kier alpha value is -2.64. The summed E-state index contributed by atoms with van der Waals surface area (Å²) >= 11 is 0. The van der Waals surface area contributed by atoms with Crippen LogP contribution in [0.1, 0.15) is 81.1 Å². The summed E-state index contributed by atoms with van der Waals surface area (Å²) in [5, 5.41) is 10.1. The van der Waals surface area contributed by atoms with Crippen molar-refractivity contribution in [2.45, 2.75) is 92.3 Å². The van der Waals surface area contributed by atoms with Crippen molar-refractivity contribution in [2.75, 3.05) is 172 Å². The first-order chi connectivity index (χ1) is 31.0. The molecular weight excluding hydrogens is 860 g/mol. The van der Waals surface area contributed by atoms with Crippen molar-refractivity contribution in [3.05, 3.63) is 0 Å². The molecule has 0 atom stereocenters. The van der Waals surface area contributed by atoms with Gasteiger partial charge in [0.05, 0.1) is 145 Å². The van der Waals surface area contributed by atoms with Gasteiger partial charge in [-0.2, -0.15) is 0 Å². The fourth-order valence-corrected chi connectivity index (χ4v) is 4.21. The Morgan fingerprint density at radius 1 is 0.400 bits per heavy atom. The number of carboxylic acids is 1. The molecule has 65 heavy (non-hydrogen) atoms. The molecule has 0 aliphatic rings. The topological polar surface area (TPSA) is 256 Å². The minimum atomic E-state index is -0.833. The van der Waals surface area contributed by atoms with Crippen LogP contribution in [-0.4, -0.2) is 212 Å². The average Bonchev–Trinajstić information content (AvgIpc) is 3.20. The van der Waals surface area contributed by atoms with Crippen molar-refractivity contribution in [3.63, 3.8) is 0 Å². The predicted molar refractivity (Wildman–Crippen MR) is 241 cm³/mol. The van der Waals surface area contributed by atoms with Gasteiger partial charge in [0.1, 0.15) is 11.2 Å². The number of carbonyl (C=O) groups is 4. The first-order valence-corrected chi connectivity index (χ1v) is 22.5. The van der Waals surface area contributed by atoms with Gasteiger partial charge in [0, 0.05) is 53.0 Å². The summed E-state index contributed by atoms with van der Waals surface area (Å²) in [6.45, 7) is 26.9. The predicted octanol–water partition coefficient (Wildman–Crippen LogP) is 2.60. The highest BCUT2D eigenvalue weighted by Gasteiger charge is 2.16. The fraction of sp³-hybridized carbons (Fsp3) is 0.909. The summed E-state index contributed by atoms with van der Waals surface area (Å²) < 4.78 is 74.9. The first kappa shape index (κ1) is 66.6. The van der Waals surface area contributed by atoms with E-state index in [1.54, 1.807) is 0 Å². The molecule has 0 aromatic rings. The third-order valence-corrected chi connectivity index (χ3v) is 6.78. The van der Waals surface area contributed by atoms with E-state index in [2.05, 4.69) is 5.32 Å². The van der Waals surface area contributed by atoms with Crippen LogP contribution in [0.15, 0.2) is 0 Å². The number of nitrogens with one attached hydrogen (secondary N) is 1. The van der Waals surface area contributed by atoms with Crippen LogP contribution in [0.5, 0.6) is 0 Å². The molecule has 0 unspecified atom stereocenters. The lowest BCUT2D eigenvalue weighted by molar-refractivity contribution is -0.156. The van der Waals surface area contributed by atoms with E-state index >= 15 is 0 Å². The van der Waals surface area contributed by atoms with Crippen LogP contribution in [0.3, 0.4) is 0 Å². The number of hydrogen-bond donors (Lipinski definition) is 3. The number of carboxylic acid groups (broad SMARTS) is 1. The summed E-state index contributed by atoms with van der Waals surface area (Å²) in [6, 6.07) is 0. The molecule has 0 saturated heterocycles. The maximum absolute atomic E-state index is 11.5. The lowest BCUT2D eigenvalue weighted by atomic mass is 10.2. The molecule has 0 radical (unpaired) electrons. The van der Waals surface area contributed by atoms with E-state index in [1.807, 2.05) is 41.5 Å². The van der Waals surface area contributed by atoms with Gasteiger partial charge in [-0.05, 0) is 54.4 Å². The van der Waals surface area contributed by atoms with Crippen LogP contribution in [0.25, 0.3) is 0 Å². The van der Waals surface area contributed by atoms with E-state index in [9.17, 15) is 14.4 Å². The van der Waals surface area contributed by atoms with Crippen LogP contribution in [0, 0.1) is 0 Å². The van der Waals surface area contributed by atoms with E-state index in [1.165, 1.54) is 6.92 Å². The Morgan fingerprint density at radius 3 is 0.831 bits per heavy atom. The van der Waals surface area contributed by atoms with Gasteiger partial charge in [0.15, 0.2) is 0 Å². The van der Waals surface area contributed by atoms with Crippen LogP contribution in [-0.2, 0) is 85.5 Å². The molecule has 0 rings (SSSR count). The standard InChI is InChI=1S/C22H43NO9.C20H41NO8.C2H4O2/c1-20(24)23-7-9-27-11-13-29-15-17-31-19-18-30-16-14-28-12-10-26-8-5-6-21(25)32-22(2,3)4;1-20(2,3)29-19(22)5-4-7-23-9-11-25-13-15-27-17-18-28-16-14-26-12-10-24-8-6-21;1-2(3)4/h5-19H2,1-4H3,(H,23,24);4-18,21H2,1-3H3;1H3,(H,3,4). The molecule has 388 valence electrons. The molecule has 21 heteroatoms. The minimum absolute atomic E-state index is 0.0617. The lowest BCUT2D eigenvalue weighted by Crippen LogP contribution is -2.25. The van der Waals surface area contributed by atoms with Gasteiger partial charge in [-0.25, -0.2) is 0 Å². The monoisotopic (exact) mass is 949 g/mol. The van der Waals surface area contributed by atoms with E-state index in [0.29, 0.717) is 197 Å². The zero-order chi connectivity index (χ0) is 49.1. The molecule has 0 aromatic heterocycles. The molecule has 21 nitrogen and oxygen atoms in total. The number of aliphatic carboxylic acids is 1. The van der Waals surface area contributed by atoms with Gasteiger partial charge in [0.25, 0.3) is 5.97 Å². The average molecular weight is 949 g/mol. The van der Waals surface area contributed by atoms with E-state index in [0.717, 1.165) is 6.92 Å². The van der Waals surface area contributed by atoms with Crippen molar-refractivity contribution in [3.8, 4) is 0 Å². The molecule has 0 fully saturated rings. The number of rotatable bonds is 43. The van der Waals surface area contributed by atoms with Gasteiger partial charge in [-0.15, -0.1) is 0 Å². The third-order valence-electron chi connectivity index (χ3n) is 6.78. The number of esters is 2.